The van der Waals surface area contributed by atoms with Crippen molar-refractivity contribution >= 4 is 6.21 Å². The molecule has 0 atom stereocenters. The summed E-state index contributed by atoms with van der Waals surface area (Å²) in [5.74, 6) is 1.92. The second kappa shape index (κ2) is 5.74. The lowest BCUT2D eigenvalue weighted by Gasteiger charge is -2.11. The van der Waals surface area contributed by atoms with Crippen molar-refractivity contribution in [2.24, 2.45) is 0 Å². The number of hydrogen-bond acceptors (Lipinski definition) is 1. The van der Waals surface area contributed by atoms with Crippen LogP contribution in [0.2, 0.25) is 0 Å². The molecule has 100 valence electrons. The fourth-order valence-corrected chi connectivity index (χ4v) is 2.24. The Morgan fingerprint density at radius 2 is 1.60 bits per heavy atom. The summed E-state index contributed by atoms with van der Waals surface area (Å²) in [6, 6.07) is 18.6. The van der Waals surface area contributed by atoms with Crippen LogP contribution in [0, 0.1) is 0 Å². The van der Waals surface area contributed by atoms with Crippen LogP contribution in [-0.4, -0.2) is 24.4 Å². The van der Waals surface area contributed by atoms with E-state index in [1.165, 1.54) is 11.1 Å². The zero-order valence-electron chi connectivity index (χ0n) is 11.6. The Balaban J connectivity index is 1.74. The zero-order chi connectivity index (χ0) is 13.8. The molecule has 0 unspecified atom stereocenters. The van der Waals surface area contributed by atoms with Gasteiger partial charge in [-0.05, 0) is 23.3 Å². The quantitative estimate of drug-likeness (QED) is 0.769. The van der Waals surface area contributed by atoms with Crippen molar-refractivity contribution in [3.63, 3.8) is 0 Å². The van der Waals surface area contributed by atoms with E-state index in [9.17, 15) is 0 Å². The summed E-state index contributed by atoms with van der Waals surface area (Å²) < 4.78 is 8.06. The molecule has 0 saturated heterocycles. The van der Waals surface area contributed by atoms with Crippen molar-refractivity contribution in [1.82, 2.24) is 0 Å². The first-order valence-corrected chi connectivity index (χ1v) is 6.89. The van der Waals surface area contributed by atoms with Crippen LogP contribution in [0.5, 0.6) is 5.75 Å². The molecule has 2 nitrogen and oxygen atoms in total. The van der Waals surface area contributed by atoms with E-state index in [2.05, 4.69) is 54.2 Å². The van der Waals surface area contributed by atoms with Gasteiger partial charge in [-0.25, -0.2) is 4.58 Å². The molecule has 0 bridgehead atoms. The normalized spacial score (nSPS) is 14.4. The molecule has 0 radical (unpaired) electrons. The first-order chi connectivity index (χ1) is 9.81. The highest BCUT2D eigenvalue weighted by atomic mass is 16.5. The Morgan fingerprint density at radius 1 is 0.900 bits per heavy atom. The zero-order valence-corrected chi connectivity index (χ0v) is 11.6. The Bertz CT molecular complexity index is 639. The minimum Gasteiger partial charge on any atom is -0.461 e. The summed E-state index contributed by atoms with van der Waals surface area (Å²) in [7, 11) is 2.07. The molecule has 0 aromatic heterocycles. The molecule has 1 aliphatic heterocycles. The molecule has 1 aliphatic rings. The SMILES string of the molecule is C[N+]1=CC=C(Oc2ccc(-c3ccccc3)cc2)CC1. The highest BCUT2D eigenvalue weighted by Crippen LogP contribution is 2.23. The lowest BCUT2D eigenvalue weighted by molar-refractivity contribution is -0.493. The summed E-state index contributed by atoms with van der Waals surface area (Å²) in [5, 5.41) is 0. The van der Waals surface area contributed by atoms with Gasteiger partial charge in [-0.1, -0.05) is 42.5 Å². The van der Waals surface area contributed by atoms with Gasteiger partial charge >= 0.3 is 0 Å². The van der Waals surface area contributed by atoms with Crippen molar-refractivity contribution in [3.8, 4) is 16.9 Å². The standard InChI is InChI=1S/C18H18NO/c1-19-13-11-18(12-14-19)20-17-9-7-16(8-10-17)15-5-3-2-4-6-15/h2-11,13H,12,14H2,1H3/q+1. The second-order valence-corrected chi connectivity index (χ2v) is 5.01. The fourth-order valence-electron chi connectivity index (χ4n) is 2.24. The van der Waals surface area contributed by atoms with Crippen LogP contribution >= 0.6 is 0 Å². The summed E-state index contributed by atoms with van der Waals surface area (Å²) in [5.41, 5.74) is 2.44. The second-order valence-electron chi connectivity index (χ2n) is 5.01. The van der Waals surface area contributed by atoms with E-state index in [4.69, 9.17) is 4.74 Å². The number of benzene rings is 2. The van der Waals surface area contributed by atoms with Crippen molar-refractivity contribution < 1.29 is 9.31 Å². The summed E-state index contributed by atoms with van der Waals surface area (Å²) in [4.78, 5) is 0. The van der Waals surface area contributed by atoms with E-state index < -0.39 is 0 Å². The van der Waals surface area contributed by atoms with E-state index in [0.717, 1.165) is 24.5 Å². The van der Waals surface area contributed by atoms with Crippen LogP contribution in [0.1, 0.15) is 6.42 Å². The summed E-state index contributed by atoms with van der Waals surface area (Å²) in [6.45, 7) is 1.01. The van der Waals surface area contributed by atoms with Gasteiger partial charge in [-0.2, -0.15) is 0 Å². The lowest BCUT2D eigenvalue weighted by atomic mass is 10.1. The summed E-state index contributed by atoms with van der Waals surface area (Å²) in [6.07, 6.45) is 5.04. The Labute approximate surface area is 119 Å². The molecular formula is C18H18NO+. The molecule has 1 heterocycles. The molecule has 0 aliphatic carbocycles. The number of rotatable bonds is 3. The van der Waals surface area contributed by atoms with Crippen molar-refractivity contribution in [2.45, 2.75) is 6.42 Å². The molecule has 2 aromatic rings. The molecule has 0 fully saturated rings. The number of allylic oxidation sites excluding steroid dienone is 1. The number of nitrogens with zero attached hydrogens (tertiary/aromatic N) is 1. The van der Waals surface area contributed by atoms with Crippen LogP contribution in [-0.2, 0) is 0 Å². The van der Waals surface area contributed by atoms with Gasteiger partial charge < -0.3 is 4.74 Å². The predicted octanol–water partition coefficient (Wildman–Crippen LogP) is 3.73. The topological polar surface area (TPSA) is 12.2 Å². The first-order valence-electron chi connectivity index (χ1n) is 6.89. The predicted molar refractivity (Wildman–Crippen MR) is 82.3 cm³/mol. The van der Waals surface area contributed by atoms with Gasteiger partial charge in [0.25, 0.3) is 0 Å². The van der Waals surface area contributed by atoms with Gasteiger partial charge in [-0.3, -0.25) is 0 Å². The van der Waals surface area contributed by atoms with E-state index in [1.54, 1.807) is 0 Å². The Morgan fingerprint density at radius 3 is 2.25 bits per heavy atom. The van der Waals surface area contributed by atoms with Crippen LogP contribution in [0.15, 0.2) is 66.4 Å². The Kier molecular flexibility index (Phi) is 3.64. The Hall–Kier alpha value is -2.35. The maximum absolute atomic E-state index is 5.90. The van der Waals surface area contributed by atoms with Crippen molar-refractivity contribution in [2.75, 3.05) is 13.6 Å². The highest BCUT2D eigenvalue weighted by Gasteiger charge is 2.09. The monoisotopic (exact) mass is 264 g/mol. The maximum atomic E-state index is 5.90. The molecule has 3 rings (SSSR count). The molecule has 0 amide bonds. The van der Waals surface area contributed by atoms with Crippen molar-refractivity contribution in [1.29, 1.82) is 0 Å². The van der Waals surface area contributed by atoms with Crippen LogP contribution in [0.3, 0.4) is 0 Å². The average molecular weight is 264 g/mol. The number of ether oxygens (including phenoxy) is 1. The molecule has 0 N–H and O–H groups in total. The van der Waals surface area contributed by atoms with E-state index in [1.807, 2.05) is 24.3 Å². The van der Waals surface area contributed by atoms with Crippen LogP contribution in [0.4, 0.5) is 0 Å². The van der Waals surface area contributed by atoms with Gasteiger partial charge in [-0.15, -0.1) is 0 Å². The molecular weight excluding hydrogens is 246 g/mol. The lowest BCUT2D eigenvalue weighted by Crippen LogP contribution is -2.15. The fraction of sp³-hybridized carbons (Fsp3) is 0.167. The number of hydrogen-bond donors (Lipinski definition) is 0. The van der Waals surface area contributed by atoms with Crippen molar-refractivity contribution in [3.05, 3.63) is 66.4 Å². The van der Waals surface area contributed by atoms with Gasteiger partial charge in [0, 0.05) is 6.08 Å². The smallest absolute Gasteiger partial charge is 0.166 e. The highest BCUT2D eigenvalue weighted by molar-refractivity contribution is 5.68. The molecule has 2 aromatic carbocycles. The average Bonchev–Trinajstić information content (AvgIpc) is 2.51. The van der Waals surface area contributed by atoms with Crippen LogP contribution < -0.4 is 4.74 Å². The third-order valence-corrected chi connectivity index (χ3v) is 3.44. The minimum absolute atomic E-state index is 0.897. The van der Waals surface area contributed by atoms with E-state index in [-0.39, 0.29) is 0 Å². The van der Waals surface area contributed by atoms with Gasteiger partial charge in [0.15, 0.2) is 6.21 Å². The first kappa shape index (κ1) is 12.7. The molecule has 0 spiro atoms. The maximum Gasteiger partial charge on any atom is 0.166 e. The molecule has 2 heteroatoms. The molecule has 0 saturated carbocycles. The minimum atomic E-state index is 0.897. The van der Waals surface area contributed by atoms with E-state index >= 15 is 0 Å². The van der Waals surface area contributed by atoms with Gasteiger partial charge in [0.1, 0.15) is 25.1 Å². The molecule has 20 heavy (non-hydrogen) atoms. The van der Waals surface area contributed by atoms with Gasteiger partial charge in [0.05, 0.1) is 6.42 Å². The third-order valence-electron chi connectivity index (χ3n) is 3.44. The van der Waals surface area contributed by atoms with Crippen LogP contribution in [0.25, 0.3) is 11.1 Å². The van der Waals surface area contributed by atoms with Gasteiger partial charge in [0.2, 0.25) is 0 Å². The van der Waals surface area contributed by atoms with E-state index in [0.29, 0.717) is 0 Å². The largest absolute Gasteiger partial charge is 0.461 e. The summed E-state index contributed by atoms with van der Waals surface area (Å²) >= 11 is 0. The third kappa shape index (κ3) is 2.97.